The summed E-state index contributed by atoms with van der Waals surface area (Å²) in [5, 5.41) is 12.2. The lowest BCUT2D eigenvalue weighted by molar-refractivity contribution is 1.34. The van der Waals surface area contributed by atoms with Crippen LogP contribution in [0.2, 0.25) is 0 Å². The second kappa shape index (κ2) is 3.61. The van der Waals surface area contributed by atoms with E-state index in [9.17, 15) is 0 Å². The van der Waals surface area contributed by atoms with Gasteiger partial charge >= 0.3 is 0 Å². The van der Waals surface area contributed by atoms with Crippen LogP contribution in [-0.4, -0.2) is 0 Å². The maximum Gasteiger partial charge on any atom is 0.0998 e. The molecule has 0 saturated heterocycles. The van der Waals surface area contributed by atoms with Gasteiger partial charge in [0, 0.05) is 10.3 Å². The summed E-state index contributed by atoms with van der Waals surface area (Å²) < 4.78 is 1.14. The van der Waals surface area contributed by atoms with Crippen molar-refractivity contribution in [1.29, 1.82) is 5.26 Å². The van der Waals surface area contributed by atoms with Crippen molar-refractivity contribution in [1.82, 2.24) is 0 Å². The van der Waals surface area contributed by atoms with Crippen LogP contribution in [0.3, 0.4) is 0 Å². The maximum absolute atomic E-state index is 9.02. The smallest absolute Gasteiger partial charge is 0.0998 e. The van der Waals surface area contributed by atoms with Crippen LogP contribution in [0.1, 0.15) is 16.7 Å². The largest absolute Gasteiger partial charge is 0.192 e. The molecule has 0 fully saturated rings. The molecule has 0 unspecified atom stereocenters. The number of nitriles is 1. The summed E-state index contributed by atoms with van der Waals surface area (Å²) in [6, 6.07) is 6.32. The number of rotatable bonds is 1. The topological polar surface area (TPSA) is 23.8 Å². The molecular formula is C11H8ClNS. The fraction of sp³-hybridized carbons (Fsp3) is 0.182. The second-order valence-corrected chi connectivity index (χ2v) is 4.31. The fourth-order valence-electron chi connectivity index (χ4n) is 1.62. The molecule has 0 bridgehead atoms. The molecule has 3 heteroatoms. The van der Waals surface area contributed by atoms with Crippen molar-refractivity contribution in [3.05, 3.63) is 34.2 Å². The molecule has 1 aromatic heterocycles. The van der Waals surface area contributed by atoms with Crippen LogP contribution in [0.25, 0.3) is 10.1 Å². The molecule has 0 aliphatic heterocycles. The van der Waals surface area contributed by atoms with E-state index in [1.54, 1.807) is 11.3 Å². The highest BCUT2D eigenvalue weighted by Gasteiger charge is 2.10. The van der Waals surface area contributed by atoms with Gasteiger partial charge in [0.1, 0.15) is 0 Å². The molecule has 1 aromatic carbocycles. The number of hydrogen-bond acceptors (Lipinski definition) is 2. The minimum Gasteiger partial charge on any atom is -0.192 e. The van der Waals surface area contributed by atoms with Crippen molar-refractivity contribution in [3.8, 4) is 6.07 Å². The zero-order valence-electron chi connectivity index (χ0n) is 7.67. The molecule has 70 valence electrons. The number of fused-ring (bicyclic) bond motifs is 1. The quantitative estimate of drug-likeness (QED) is 0.672. The molecule has 1 nitrogen and oxygen atoms in total. The van der Waals surface area contributed by atoms with Crippen molar-refractivity contribution < 1.29 is 0 Å². The minimum absolute atomic E-state index is 0.404. The highest BCUT2D eigenvalue weighted by atomic mass is 35.5. The van der Waals surface area contributed by atoms with E-state index in [2.05, 4.69) is 12.1 Å². The summed E-state index contributed by atoms with van der Waals surface area (Å²) in [4.78, 5) is 0. The average Bonchev–Trinajstić information content (AvgIpc) is 2.62. The third-order valence-electron chi connectivity index (χ3n) is 2.28. The predicted octanol–water partition coefficient (Wildman–Crippen LogP) is 3.82. The van der Waals surface area contributed by atoms with E-state index < -0.39 is 0 Å². The van der Waals surface area contributed by atoms with Crippen LogP contribution < -0.4 is 0 Å². The molecule has 0 amide bonds. The van der Waals surface area contributed by atoms with Gasteiger partial charge in [0.15, 0.2) is 0 Å². The van der Waals surface area contributed by atoms with Crippen molar-refractivity contribution in [2.45, 2.75) is 12.8 Å². The van der Waals surface area contributed by atoms with Gasteiger partial charge < -0.3 is 0 Å². The number of hydrogen-bond donors (Lipinski definition) is 0. The monoisotopic (exact) mass is 221 g/mol. The Morgan fingerprint density at radius 1 is 1.57 bits per heavy atom. The lowest BCUT2D eigenvalue weighted by atomic mass is 10.0. The van der Waals surface area contributed by atoms with Crippen molar-refractivity contribution in [2.24, 2.45) is 0 Å². The van der Waals surface area contributed by atoms with Crippen molar-refractivity contribution in [3.63, 3.8) is 0 Å². The molecule has 0 saturated carbocycles. The number of alkyl halides is 1. The Hall–Kier alpha value is -1.04. The zero-order valence-corrected chi connectivity index (χ0v) is 9.25. The van der Waals surface area contributed by atoms with Crippen LogP contribution in [0, 0.1) is 18.3 Å². The van der Waals surface area contributed by atoms with Crippen LogP contribution in [-0.2, 0) is 5.88 Å². The number of nitrogens with zero attached hydrogens (tertiary/aromatic N) is 1. The van der Waals surface area contributed by atoms with Crippen LogP contribution in [0.15, 0.2) is 17.5 Å². The van der Waals surface area contributed by atoms with Crippen LogP contribution in [0.5, 0.6) is 0 Å². The van der Waals surface area contributed by atoms with Crippen LogP contribution in [0.4, 0.5) is 0 Å². The summed E-state index contributed by atoms with van der Waals surface area (Å²) in [7, 11) is 0. The normalized spacial score (nSPS) is 10.4. The summed E-state index contributed by atoms with van der Waals surface area (Å²) in [5.74, 6) is 0.404. The molecule has 1 heterocycles. The number of thiophene rings is 1. The van der Waals surface area contributed by atoms with Gasteiger partial charge in [-0.1, -0.05) is 0 Å². The lowest BCUT2D eigenvalue weighted by Crippen LogP contribution is -1.90. The Bertz CT molecular complexity index is 522. The highest BCUT2D eigenvalue weighted by molar-refractivity contribution is 7.17. The number of aryl methyl sites for hydroxylation is 1. The van der Waals surface area contributed by atoms with E-state index >= 15 is 0 Å². The van der Waals surface area contributed by atoms with Gasteiger partial charge in [0.05, 0.1) is 17.5 Å². The first kappa shape index (κ1) is 9.51. The Balaban J connectivity index is 2.91. The fourth-order valence-corrected chi connectivity index (χ4v) is 2.89. The first-order valence-electron chi connectivity index (χ1n) is 4.23. The van der Waals surface area contributed by atoms with Gasteiger partial charge in [0.25, 0.3) is 0 Å². The highest BCUT2D eigenvalue weighted by Crippen LogP contribution is 2.30. The van der Waals surface area contributed by atoms with Crippen LogP contribution >= 0.6 is 22.9 Å². The third-order valence-corrected chi connectivity index (χ3v) is 3.54. The van der Waals surface area contributed by atoms with E-state index in [1.807, 2.05) is 18.4 Å². The van der Waals surface area contributed by atoms with Gasteiger partial charge in [-0.05, 0) is 35.4 Å². The predicted molar refractivity (Wildman–Crippen MR) is 60.8 cm³/mol. The molecule has 2 aromatic rings. The van der Waals surface area contributed by atoms with E-state index in [0.717, 1.165) is 21.4 Å². The molecule has 14 heavy (non-hydrogen) atoms. The zero-order chi connectivity index (χ0) is 10.1. The number of benzene rings is 1. The Morgan fingerprint density at radius 2 is 2.36 bits per heavy atom. The summed E-state index contributed by atoms with van der Waals surface area (Å²) >= 11 is 7.52. The van der Waals surface area contributed by atoms with Gasteiger partial charge in [-0.25, -0.2) is 0 Å². The summed E-state index contributed by atoms with van der Waals surface area (Å²) in [6.45, 7) is 1.95. The van der Waals surface area contributed by atoms with E-state index in [-0.39, 0.29) is 0 Å². The van der Waals surface area contributed by atoms with Gasteiger partial charge in [-0.3, -0.25) is 0 Å². The molecule has 0 atom stereocenters. The third kappa shape index (κ3) is 1.30. The standard InChI is InChI=1S/C11H8ClNS/c1-7-4-8-2-3-14-11(8)9(5-12)10(7)6-13/h2-4H,5H2,1H3. The first-order valence-corrected chi connectivity index (χ1v) is 5.65. The van der Waals surface area contributed by atoms with Gasteiger partial charge in [-0.15, -0.1) is 22.9 Å². The first-order chi connectivity index (χ1) is 6.77. The second-order valence-electron chi connectivity index (χ2n) is 3.13. The van der Waals surface area contributed by atoms with E-state index in [1.165, 1.54) is 5.39 Å². The SMILES string of the molecule is Cc1cc2ccsc2c(CCl)c1C#N. The molecule has 0 radical (unpaired) electrons. The van der Waals surface area contributed by atoms with Crippen molar-refractivity contribution in [2.75, 3.05) is 0 Å². The lowest BCUT2D eigenvalue weighted by Gasteiger charge is -2.04. The van der Waals surface area contributed by atoms with Gasteiger partial charge in [-0.2, -0.15) is 5.26 Å². The molecule has 0 aliphatic rings. The number of halogens is 1. The molecule has 0 aliphatic carbocycles. The molecular weight excluding hydrogens is 214 g/mol. The maximum atomic E-state index is 9.02. The molecule has 0 N–H and O–H groups in total. The van der Waals surface area contributed by atoms with E-state index in [0.29, 0.717) is 5.88 Å². The average molecular weight is 222 g/mol. The van der Waals surface area contributed by atoms with E-state index in [4.69, 9.17) is 16.9 Å². The Kier molecular flexibility index (Phi) is 2.45. The molecule has 2 rings (SSSR count). The Labute approximate surface area is 91.5 Å². The minimum atomic E-state index is 0.404. The summed E-state index contributed by atoms with van der Waals surface area (Å²) in [5.41, 5.74) is 2.71. The van der Waals surface area contributed by atoms with Crippen molar-refractivity contribution >= 4 is 33.0 Å². The Morgan fingerprint density at radius 3 is 3.00 bits per heavy atom. The molecule has 0 spiro atoms. The van der Waals surface area contributed by atoms with Gasteiger partial charge in [0.2, 0.25) is 0 Å². The summed E-state index contributed by atoms with van der Waals surface area (Å²) in [6.07, 6.45) is 0.